The Balaban J connectivity index is 2.38. The van der Waals surface area contributed by atoms with Crippen molar-refractivity contribution in [1.29, 1.82) is 0 Å². The molecule has 6 heteroatoms. The van der Waals surface area contributed by atoms with Crippen LogP contribution in [0.5, 0.6) is 5.95 Å². The standard InChI is InChI=1S/C10H9N3O2S/c11-10(16)13-12-5-8-6-3-1-2-4-7(6)9(14)15-8/h1-5,14H,(H3,11,13,16)/b12-5-. The number of benzene rings is 1. The molecule has 0 unspecified atom stereocenters. The number of hydrogen-bond donors (Lipinski definition) is 3. The molecular formula is C10H9N3O2S. The maximum absolute atomic E-state index is 9.50. The van der Waals surface area contributed by atoms with E-state index in [0.29, 0.717) is 11.1 Å². The van der Waals surface area contributed by atoms with Gasteiger partial charge in [0.2, 0.25) is 0 Å². The second-order valence-electron chi connectivity index (χ2n) is 3.05. The van der Waals surface area contributed by atoms with Crippen LogP contribution in [-0.2, 0) is 0 Å². The van der Waals surface area contributed by atoms with E-state index in [1.165, 1.54) is 6.21 Å². The Kier molecular flexibility index (Phi) is 2.74. The van der Waals surface area contributed by atoms with E-state index in [4.69, 9.17) is 10.2 Å². The third-order valence-electron chi connectivity index (χ3n) is 1.99. The van der Waals surface area contributed by atoms with Gasteiger partial charge in [-0.05, 0) is 18.3 Å². The monoisotopic (exact) mass is 235 g/mol. The smallest absolute Gasteiger partial charge is 0.290 e. The van der Waals surface area contributed by atoms with E-state index in [-0.39, 0.29) is 11.1 Å². The van der Waals surface area contributed by atoms with Crippen molar-refractivity contribution in [2.45, 2.75) is 0 Å². The lowest BCUT2D eigenvalue weighted by molar-refractivity contribution is 0.336. The fraction of sp³-hybridized carbons (Fsp3) is 0. The molecule has 1 aromatic carbocycles. The maximum atomic E-state index is 9.50. The predicted molar refractivity (Wildman–Crippen MR) is 65.4 cm³/mol. The van der Waals surface area contributed by atoms with Crippen molar-refractivity contribution in [2.24, 2.45) is 10.8 Å². The molecule has 2 rings (SSSR count). The SMILES string of the molecule is NC(=S)N/N=C\c1oc(O)c2ccccc12. The van der Waals surface area contributed by atoms with Crippen molar-refractivity contribution in [2.75, 3.05) is 0 Å². The van der Waals surface area contributed by atoms with Crippen LogP contribution in [-0.4, -0.2) is 16.4 Å². The molecule has 1 aromatic heterocycles. The van der Waals surface area contributed by atoms with Crippen LogP contribution in [0.15, 0.2) is 33.8 Å². The van der Waals surface area contributed by atoms with Gasteiger partial charge in [0.25, 0.3) is 5.95 Å². The molecule has 0 saturated carbocycles. The number of hydrazone groups is 1. The van der Waals surface area contributed by atoms with Crippen LogP contribution in [0.1, 0.15) is 5.76 Å². The fourth-order valence-electron chi connectivity index (χ4n) is 1.35. The Morgan fingerprint density at radius 3 is 2.81 bits per heavy atom. The highest BCUT2D eigenvalue weighted by Crippen LogP contribution is 2.29. The van der Waals surface area contributed by atoms with Crippen LogP contribution < -0.4 is 11.2 Å². The van der Waals surface area contributed by atoms with Crippen molar-refractivity contribution in [1.82, 2.24) is 5.43 Å². The second kappa shape index (κ2) is 4.19. The summed E-state index contributed by atoms with van der Waals surface area (Å²) in [6.07, 6.45) is 1.40. The first-order valence-corrected chi connectivity index (χ1v) is 4.88. The predicted octanol–water partition coefficient (Wildman–Crippen LogP) is 1.31. The zero-order chi connectivity index (χ0) is 11.5. The first-order valence-electron chi connectivity index (χ1n) is 4.47. The summed E-state index contributed by atoms with van der Waals surface area (Å²) >= 11 is 4.58. The molecule has 0 spiro atoms. The molecule has 4 N–H and O–H groups in total. The van der Waals surface area contributed by atoms with Gasteiger partial charge in [-0.15, -0.1) is 0 Å². The molecule has 1 heterocycles. The number of thiocarbonyl (C=S) groups is 1. The summed E-state index contributed by atoms with van der Waals surface area (Å²) in [6.45, 7) is 0. The molecule has 0 atom stereocenters. The molecule has 0 amide bonds. The van der Waals surface area contributed by atoms with E-state index in [1.807, 2.05) is 18.2 Å². The Labute approximate surface area is 96.5 Å². The van der Waals surface area contributed by atoms with Gasteiger partial charge in [-0.1, -0.05) is 18.2 Å². The van der Waals surface area contributed by atoms with E-state index in [1.54, 1.807) is 6.07 Å². The minimum Gasteiger partial charge on any atom is -0.480 e. The van der Waals surface area contributed by atoms with Gasteiger partial charge in [0, 0.05) is 5.39 Å². The fourth-order valence-corrected chi connectivity index (χ4v) is 1.40. The molecule has 0 aliphatic rings. The topological polar surface area (TPSA) is 83.8 Å². The number of aromatic hydroxyl groups is 1. The molecule has 5 nitrogen and oxygen atoms in total. The van der Waals surface area contributed by atoms with Crippen molar-refractivity contribution in [3.8, 4) is 5.95 Å². The van der Waals surface area contributed by atoms with Gasteiger partial charge in [-0.25, -0.2) is 0 Å². The minimum atomic E-state index is -0.132. The summed E-state index contributed by atoms with van der Waals surface area (Å²) in [5, 5.41) is 14.7. The van der Waals surface area contributed by atoms with E-state index < -0.39 is 0 Å². The number of nitrogens with two attached hydrogens (primary N) is 1. The van der Waals surface area contributed by atoms with Crippen LogP contribution in [0.2, 0.25) is 0 Å². The van der Waals surface area contributed by atoms with E-state index in [2.05, 4.69) is 22.7 Å². The summed E-state index contributed by atoms with van der Waals surface area (Å²) in [6, 6.07) is 7.23. The Bertz CT molecular complexity index is 562. The number of nitrogens with zero attached hydrogens (tertiary/aromatic N) is 1. The van der Waals surface area contributed by atoms with Gasteiger partial charge in [-0.2, -0.15) is 5.10 Å². The minimum absolute atomic E-state index is 0.0660. The van der Waals surface area contributed by atoms with Gasteiger partial charge in [-0.3, -0.25) is 5.43 Å². The Hall–Kier alpha value is -2.08. The van der Waals surface area contributed by atoms with Gasteiger partial charge in [0.05, 0.1) is 11.6 Å². The first kappa shape index (κ1) is 10.4. The Morgan fingerprint density at radius 2 is 2.12 bits per heavy atom. The number of furan rings is 1. The average Bonchev–Trinajstić information content (AvgIpc) is 2.57. The van der Waals surface area contributed by atoms with Crippen molar-refractivity contribution >= 4 is 34.3 Å². The van der Waals surface area contributed by atoms with Crippen LogP contribution in [0.4, 0.5) is 0 Å². The molecule has 0 aliphatic carbocycles. The lowest BCUT2D eigenvalue weighted by Crippen LogP contribution is -2.23. The largest absolute Gasteiger partial charge is 0.480 e. The van der Waals surface area contributed by atoms with E-state index in [0.717, 1.165) is 5.39 Å². The molecular weight excluding hydrogens is 226 g/mol. The van der Waals surface area contributed by atoms with Crippen LogP contribution in [0.3, 0.4) is 0 Å². The highest BCUT2D eigenvalue weighted by molar-refractivity contribution is 7.80. The van der Waals surface area contributed by atoms with Crippen LogP contribution in [0, 0.1) is 0 Å². The zero-order valence-electron chi connectivity index (χ0n) is 8.18. The molecule has 0 bridgehead atoms. The highest BCUT2D eigenvalue weighted by atomic mass is 32.1. The number of rotatable bonds is 2. The Morgan fingerprint density at radius 1 is 1.44 bits per heavy atom. The lowest BCUT2D eigenvalue weighted by atomic mass is 10.2. The van der Waals surface area contributed by atoms with E-state index in [9.17, 15) is 5.11 Å². The molecule has 0 saturated heterocycles. The summed E-state index contributed by atoms with van der Waals surface area (Å²) in [4.78, 5) is 0. The summed E-state index contributed by atoms with van der Waals surface area (Å²) < 4.78 is 5.13. The quantitative estimate of drug-likeness (QED) is 0.415. The summed E-state index contributed by atoms with van der Waals surface area (Å²) in [7, 11) is 0. The third kappa shape index (κ3) is 1.96. The molecule has 2 aromatic rings. The van der Waals surface area contributed by atoms with Crippen LogP contribution >= 0.6 is 12.2 Å². The zero-order valence-corrected chi connectivity index (χ0v) is 8.99. The van der Waals surface area contributed by atoms with Crippen molar-refractivity contribution in [3.63, 3.8) is 0 Å². The lowest BCUT2D eigenvalue weighted by Gasteiger charge is -1.92. The van der Waals surface area contributed by atoms with Gasteiger partial charge >= 0.3 is 0 Å². The van der Waals surface area contributed by atoms with Gasteiger partial charge in [0.15, 0.2) is 10.9 Å². The van der Waals surface area contributed by atoms with Crippen molar-refractivity contribution < 1.29 is 9.52 Å². The second-order valence-corrected chi connectivity index (χ2v) is 3.49. The van der Waals surface area contributed by atoms with Crippen molar-refractivity contribution in [3.05, 3.63) is 30.0 Å². The van der Waals surface area contributed by atoms with E-state index >= 15 is 0 Å². The summed E-state index contributed by atoms with van der Waals surface area (Å²) in [5.41, 5.74) is 7.61. The molecule has 0 radical (unpaired) electrons. The molecule has 16 heavy (non-hydrogen) atoms. The average molecular weight is 235 g/mol. The highest BCUT2D eigenvalue weighted by Gasteiger charge is 2.09. The van der Waals surface area contributed by atoms with Gasteiger partial charge < -0.3 is 15.3 Å². The molecule has 82 valence electrons. The van der Waals surface area contributed by atoms with Gasteiger partial charge in [0.1, 0.15) is 0 Å². The first-order chi connectivity index (χ1) is 7.68. The number of hydrogen-bond acceptors (Lipinski definition) is 4. The third-order valence-corrected chi connectivity index (χ3v) is 2.08. The molecule has 0 aliphatic heterocycles. The summed E-state index contributed by atoms with van der Waals surface area (Å²) in [5.74, 6) is 0.309. The number of fused-ring (bicyclic) bond motifs is 1. The molecule has 0 fully saturated rings. The number of nitrogens with one attached hydrogen (secondary N) is 1. The van der Waals surface area contributed by atoms with Crippen LogP contribution in [0.25, 0.3) is 10.8 Å². The maximum Gasteiger partial charge on any atom is 0.290 e. The normalized spacial score (nSPS) is 11.0.